The lowest BCUT2D eigenvalue weighted by atomic mass is 9.92. The van der Waals surface area contributed by atoms with Crippen molar-refractivity contribution in [3.05, 3.63) is 35.4 Å². The summed E-state index contributed by atoms with van der Waals surface area (Å²) in [6.45, 7) is 3.98. The summed E-state index contributed by atoms with van der Waals surface area (Å²) in [5.74, 6) is 0.0571. The van der Waals surface area contributed by atoms with Gasteiger partial charge in [0, 0.05) is 0 Å². The van der Waals surface area contributed by atoms with Crippen molar-refractivity contribution < 1.29 is 18.3 Å². The molecule has 102 valence electrons. The molecule has 0 aromatic heterocycles. The van der Waals surface area contributed by atoms with E-state index in [-0.39, 0.29) is 5.92 Å². The smallest absolute Gasteiger partial charge is 0.388 e. The third kappa shape index (κ3) is 4.02. The van der Waals surface area contributed by atoms with Crippen LogP contribution < -0.4 is 0 Å². The Labute approximate surface area is 106 Å². The summed E-state index contributed by atoms with van der Waals surface area (Å²) in [7, 11) is 0. The largest absolute Gasteiger partial charge is 0.416 e. The van der Waals surface area contributed by atoms with Gasteiger partial charge in [-0.2, -0.15) is 13.2 Å². The second-order valence-corrected chi connectivity index (χ2v) is 4.68. The highest BCUT2D eigenvalue weighted by molar-refractivity contribution is 5.26. The van der Waals surface area contributed by atoms with Gasteiger partial charge >= 0.3 is 6.18 Å². The summed E-state index contributed by atoms with van der Waals surface area (Å²) in [6, 6.07) is 4.75. The maximum absolute atomic E-state index is 12.4. The third-order valence-corrected chi connectivity index (χ3v) is 3.13. The van der Waals surface area contributed by atoms with Gasteiger partial charge in [0.05, 0.1) is 11.7 Å². The van der Waals surface area contributed by atoms with Crippen LogP contribution in [0.2, 0.25) is 0 Å². The first-order valence-corrected chi connectivity index (χ1v) is 6.21. The molecule has 0 fully saturated rings. The normalized spacial score (nSPS) is 15.4. The Bertz CT molecular complexity index is 356. The second-order valence-electron chi connectivity index (χ2n) is 4.68. The number of hydrogen-bond acceptors (Lipinski definition) is 1. The van der Waals surface area contributed by atoms with Gasteiger partial charge < -0.3 is 5.11 Å². The van der Waals surface area contributed by atoms with Crippen molar-refractivity contribution in [3.63, 3.8) is 0 Å². The molecule has 1 N–H and O–H groups in total. The number of rotatable bonds is 5. The molecule has 0 spiro atoms. The van der Waals surface area contributed by atoms with Crippen molar-refractivity contribution in [1.29, 1.82) is 0 Å². The fourth-order valence-electron chi connectivity index (χ4n) is 1.88. The van der Waals surface area contributed by atoms with Gasteiger partial charge in [-0.1, -0.05) is 38.8 Å². The van der Waals surface area contributed by atoms with Crippen molar-refractivity contribution in [1.82, 2.24) is 0 Å². The molecule has 1 nitrogen and oxygen atoms in total. The molecule has 0 aliphatic carbocycles. The Balaban J connectivity index is 2.72. The molecule has 0 aliphatic heterocycles. The van der Waals surface area contributed by atoms with Crippen LogP contribution in [0.15, 0.2) is 24.3 Å². The van der Waals surface area contributed by atoms with Crippen molar-refractivity contribution in [2.24, 2.45) is 5.92 Å². The lowest BCUT2D eigenvalue weighted by molar-refractivity contribution is -0.137. The van der Waals surface area contributed by atoms with Crippen LogP contribution in [0.5, 0.6) is 0 Å². The molecular formula is C14H19F3O. The Morgan fingerprint density at radius 3 is 2.17 bits per heavy atom. The molecule has 2 atom stereocenters. The van der Waals surface area contributed by atoms with Gasteiger partial charge in [-0.05, 0) is 30.0 Å². The van der Waals surface area contributed by atoms with Gasteiger partial charge in [-0.25, -0.2) is 0 Å². The number of aliphatic hydroxyl groups is 1. The van der Waals surface area contributed by atoms with E-state index in [0.29, 0.717) is 5.56 Å². The van der Waals surface area contributed by atoms with Gasteiger partial charge in [0.1, 0.15) is 0 Å². The van der Waals surface area contributed by atoms with Crippen molar-refractivity contribution in [2.45, 2.75) is 45.4 Å². The van der Waals surface area contributed by atoms with E-state index in [1.807, 2.05) is 6.92 Å². The quantitative estimate of drug-likeness (QED) is 0.822. The first-order chi connectivity index (χ1) is 8.36. The summed E-state index contributed by atoms with van der Waals surface area (Å²) in [5.41, 5.74) is -0.133. The molecule has 2 unspecified atom stereocenters. The van der Waals surface area contributed by atoms with E-state index in [4.69, 9.17) is 0 Å². The van der Waals surface area contributed by atoms with Gasteiger partial charge in [0.25, 0.3) is 0 Å². The molecule has 0 amide bonds. The van der Waals surface area contributed by atoms with E-state index in [1.54, 1.807) is 0 Å². The highest BCUT2D eigenvalue weighted by Gasteiger charge is 2.30. The summed E-state index contributed by atoms with van der Waals surface area (Å²) < 4.78 is 37.1. The number of aliphatic hydroxyl groups excluding tert-OH is 1. The predicted octanol–water partition coefficient (Wildman–Crippen LogP) is 4.57. The minimum absolute atomic E-state index is 0.0571. The Hall–Kier alpha value is -1.03. The molecule has 1 aromatic carbocycles. The predicted molar refractivity (Wildman–Crippen MR) is 65.1 cm³/mol. The van der Waals surface area contributed by atoms with E-state index in [2.05, 4.69) is 6.92 Å². The van der Waals surface area contributed by atoms with Crippen LogP contribution in [-0.4, -0.2) is 5.11 Å². The van der Waals surface area contributed by atoms with Gasteiger partial charge in [-0.3, -0.25) is 0 Å². The first-order valence-electron chi connectivity index (χ1n) is 6.21. The van der Waals surface area contributed by atoms with Crippen molar-refractivity contribution >= 4 is 0 Å². The fraction of sp³-hybridized carbons (Fsp3) is 0.571. The highest BCUT2D eigenvalue weighted by Crippen LogP contribution is 2.31. The van der Waals surface area contributed by atoms with Crippen molar-refractivity contribution in [3.8, 4) is 0 Å². The molecule has 4 heteroatoms. The first kappa shape index (κ1) is 15.0. The fourth-order valence-corrected chi connectivity index (χ4v) is 1.88. The molecule has 0 aliphatic rings. The lowest BCUT2D eigenvalue weighted by Gasteiger charge is -2.19. The summed E-state index contributed by atoms with van der Waals surface area (Å²) in [5, 5.41) is 10.0. The Morgan fingerprint density at radius 2 is 1.72 bits per heavy atom. The number of benzene rings is 1. The molecule has 0 saturated carbocycles. The maximum Gasteiger partial charge on any atom is 0.416 e. The number of unbranched alkanes of at least 4 members (excludes halogenated alkanes) is 1. The number of hydrogen-bond donors (Lipinski definition) is 1. The topological polar surface area (TPSA) is 20.2 Å². The number of alkyl halides is 3. The zero-order valence-corrected chi connectivity index (χ0v) is 10.7. The molecule has 0 bridgehead atoms. The second kappa shape index (κ2) is 6.23. The summed E-state index contributed by atoms with van der Waals surface area (Å²) in [4.78, 5) is 0. The van der Waals surface area contributed by atoms with Crippen LogP contribution >= 0.6 is 0 Å². The van der Waals surface area contributed by atoms with E-state index in [9.17, 15) is 18.3 Å². The van der Waals surface area contributed by atoms with E-state index >= 15 is 0 Å². The SMILES string of the molecule is CCCCC(C)C(O)c1ccc(C(F)(F)F)cc1. The highest BCUT2D eigenvalue weighted by atomic mass is 19.4. The van der Waals surface area contributed by atoms with Gasteiger partial charge in [0.15, 0.2) is 0 Å². The molecule has 1 rings (SSSR count). The molecular weight excluding hydrogens is 241 g/mol. The maximum atomic E-state index is 12.4. The lowest BCUT2D eigenvalue weighted by Crippen LogP contribution is -2.10. The van der Waals surface area contributed by atoms with Gasteiger partial charge in [-0.15, -0.1) is 0 Å². The minimum Gasteiger partial charge on any atom is -0.388 e. The number of halogens is 3. The summed E-state index contributed by atoms with van der Waals surface area (Å²) in [6.07, 6.45) is -2.09. The summed E-state index contributed by atoms with van der Waals surface area (Å²) >= 11 is 0. The monoisotopic (exact) mass is 260 g/mol. The zero-order chi connectivity index (χ0) is 13.8. The Kier molecular flexibility index (Phi) is 5.20. The third-order valence-electron chi connectivity index (χ3n) is 3.13. The molecule has 0 radical (unpaired) electrons. The average molecular weight is 260 g/mol. The van der Waals surface area contributed by atoms with Crippen molar-refractivity contribution in [2.75, 3.05) is 0 Å². The molecule has 18 heavy (non-hydrogen) atoms. The average Bonchev–Trinajstić information content (AvgIpc) is 2.34. The minimum atomic E-state index is -4.32. The molecule has 0 saturated heterocycles. The van der Waals surface area contributed by atoms with Crippen LogP contribution in [0.3, 0.4) is 0 Å². The molecule has 1 aromatic rings. The molecule has 0 heterocycles. The standard InChI is InChI=1S/C14H19F3O/c1-3-4-5-10(2)13(18)11-6-8-12(9-7-11)14(15,16)17/h6-10,13,18H,3-5H2,1-2H3. The van der Waals surface area contributed by atoms with Crippen LogP contribution in [0.1, 0.15) is 50.3 Å². The Morgan fingerprint density at radius 1 is 1.17 bits per heavy atom. The van der Waals surface area contributed by atoms with E-state index in [1.165, 1.54) is 12.1 Å². The van der Waals surface area contributed by atoms with E-state index < -0.39 is 17.8 Å². The zero-order valence-electron chi connectivity index (χ0n) is 10.7. The van der Waals surface area contributed by atoms with E-state index in [0.717, 1.165) is 31.4 Å². The van der Waals surface area contributed by atoms with Crippen LogP contribution in [-0.2, 0) is 6.18 Å². The van der Waals surface area contributed by atoms with Crippen LogP contribution in [0, 0.1) is 5.92 Å². The van der Waals surface area contributed by atoms with Crippen LogP contribution in [0.4, 0.5) is 13.2 Å². The van der Waals surface area contributed by atoms with Gasteiger partial charge in [0.2, 0.25) is 0 Å². The van der Waals surface area contributed by atoms with Crippen LogP contribution in [0.25, 0.3) is 0 Å².